The van der Waals surface area contributed by atoms with Gasteiger partial charge in [0.25, 0.3) is 0 Å². The third-order valence-corrected chi connectivity index (χ3v) is 4.00. The summed E-state index contributed by atoms with van der Waals surface area (Å²) < 4.78 is 0. The van der Waals surface area contributed by atoms with Crippen LogP contribution < -0.4 is 10.6 Å². The highest BCUT2D eigenvalue weighted by Crippen LogP contribution is 2.33. The van der Waals surface area contributed by atoms with Gasteiger partial charge in [-0.1, -0.05) is 27.2 Å². The molecule has 5 nitrogen and oxygen atoms in total. The van der Waals surface area contributed by atoms with Crippen LogP contribution in [0.15, 0.2) is 0 Å². The topological polar surface area (TPSA) is 78.4 Å². The van der Waals surface area contributed by atoms with Gasteiger partial charge in [0.05, 0.1) is 6.54 Å². The van der Waals surface area contributed by atoms with Gasteiger partial charge in [0, 0.05) is 6.04 Å². The molecule has 0 aromatic heterocycles. The number of amides is 1. The van der Waals surface area contributed by atoms with E-state index in [1.165, 1.54) is 0 Å². The Morgan fingerprint density at radius 3 is 2.32 bits per heavy atom. The van der Waals surface area contributed by atoms with Crippen molar-refractivity contribution < 1.29 is 14.7 Å². The van der Waals surface area contributed by atoms with E-state index >= 15 is 0 Å². The average molecular weight is 270 g/mol. The Morgan fingerprint density at radius 1 is 1.32 bits per heavy atom. The Labute approximate surface area is 115 Å². The van der Waals surface area contributed by atoms with Crippen LogP contribution in [0.1, 0.15) is 52.9 Å². The molecule has 0 atom stereocenters. The van der Waals surface area contributed by atoms with E-state index in [1.54, 1.807) is 0 Å². The second kappa shape index (κ2) is 6.89. The van der Waals surface area contributed by atoms with Gasteiger partial charge in [-0.25, -0.2) is 4.79 Å². The number of rotatable bonds is 6. The van der Waals surface area contributed by atoms with E-state index in [9.17, 15) is 14.7 Å². The maximum Gasteiger partial charge on any atom is 0.329 e. The molecule has 19 heavy (non-hydrogen) atoms. The van der Waals surface area contributed by atoms with Crippen LogP contribution in [-0.2, 0) is 9.59 Å². The number of carboxylic acids is 1. The summed E-state index contributed by atoms with van der Waals surface area (Å²) in [6, 6.07) is 0.211. The minimum absolute atomic E-state index is 0.171. The van der Waals surface area contributed by atoms with Gasteiger partial charge in [0.15, 0.2) is 0 Å². The molecule has 3 N–H and O–H groups in total. The van der Waals surface area contributed by atoms with Gasteiger partial charge in [-0.15, -0.1) is 0 Å². The molecule has 0 bridgehead atoms. The zero-order valence-corrected chi connectivity index (χ0v) is 12.2. The van der Waals surface area contributed by atoms with Gasteiger partial charge in [-0.05, 0) is 31.6 Å². The fourth-order valence-corrected chi connectivity index (χ4v) is 2.58. The molecular formula is C14H26N2O3. The fourth-order valence-electron chi connectivity index (χ4n) is 2.58. The first kappa shape index (κ1) is 16.0. The van der Waals surface area contributed by atoms with Gasteiger partial charge < -0.3 is 15.7 Å². The van der Waals surface area contributed by atoms with Crippen molar-refractivity contribution in [2.75, 3.05) is 6.54 Å². The van der Waals surface area contributed by atoms with Crippen molar-refractivity contribution >= 4 is 11.9 Å². The molecule has 0 aromatic rings. The molecule has 1 amide bonds. The monoisotopic (exact) mass is 270 g/mol. The van der Waals surface area contributed by atoms with Crippen molar-refractivity contribution in [3.8, 4) is 0 Å². The van der Waals surface area contributed by atoms with Crippen LogP contribution in [0.25, 0.3) is 0 Å². The molecule has 1 saturated carbocycles. The highest BCUT2D eigenvalue weighted by molar-refractivity contribution is 5.88. The second-order valence-electron chi connectivity index (χ2n) is 5.82. The SMILES string of the molecule is CCC1CCC(NC(=O)CNC(C)C)(C(=O)O)CC1. The molecule has 1 aliphatic rings. The van der Waals surface area contributed by atoms with Crippen molar-refractivity contribution in [1.29, 1.82) is 0 Å². The van der Waals surface area contributed by atoms with Crippen LogP contribution in [-0.4, -0.2) is 35.1 Å². The lowest BCUT2D eigenvalue weighted by Crippen LogP contribution is -2.58. The molecule has 0 aliphatic heterocycles. The summed E-state index contributed by atoms with van der Waals surface area (Å²) in [5.74, 6) is -0.538. The predicted octanol–water partition coefficient (Wildman–Crippen LogP) is 1.52. The maximum atomic E-state index is 11.8. The van der Waals surface area contributed by atoms with E-state index in [0.717, 1.165) is 19.3 Å². The first-order valence-corrected chi connectivity index (χ1v) is 7.17. The number of carbonyl (C=O) groups is 2. The number of carboxylic acid groups (broad SMARTS) is 1. The molecule has 0 aromatic carbocycles. The molecule has 0 spiro atoms. The largest absolute Gasteiger partial charge is 0.480 e. The van der Waals surface area contributed by atoms with E-state index in [0.29, 0.717) is 18.8 Å². The van der Waals surface area contributed by atoms with Crippen molar-refractivity contribution in [3.05, 3.63) is 0 Å². The molecule has 0 saturated heterocycles. The van der Waals surface area contributed by atoms with Crippen LogP contribution in [0.4, 0.5) is 0 Å². The van der Waals surface area contributed by atoms with Gasteiger partial charge in [-0.2, -0.15) is 0 Å². The van der Waals surface area contributed by atoms with Crippen molar-refractivity contribution in [2.24, 2.45) is 5.92 Å². The Morgan fingerprint density at radius 2 is 1.89 bits per heavy atom. The summed E-state index contributed by atoms with van der Waals surface area (Å²) in [7, 11) is 0. The highest BCUT2D eigenvalue weighted by atomic mass is 16.4. The van der Waals surface area contributed by atoms with E-state index in [-0.39, 0.29) is 18.5 Å². The van der Waals surface area contributed by atoms with Gasteiger partial charge in [0.2, 0.25) is 5.91 Å². The molecule has 1 aliphatic carbocycles. The zero-order valence-electron chi connectivity index (χ0n) is 12.2. The summed E-state index contributed by atoms with van der Waals surface area (Å²) in [5.41, 5.74) is -1.05. The quantitative estimate of drug-likeness (QED) is 0.684. The zero-order chi connectivity index (χ0) is 14.5. The van der Waals surface area contributed by atoms with Crippen LogP contribution in [0.2, 0.25) is 0 Å². The number of hydrogen-bond donors (Lipinski definition) is 3. The van der Waals surface area contributed by atoms with Crippen LogP contribution in [0.3, 0.4) is 0 Å². The molecule has 110 valence electrons. The number of hydrogen-bond acceptors (Lipinski definition) is 3. The van der Waals surface area contributed by atoms with Crippen LogP contribution in [0, 0.1) is 5.92 Å². The lowest BCUT2D eigenvalue weighted by Gasteiger charge is -2.37. The molecule has 0 heterocycles. The van der Waals surface area contributed by atoms with Crippen molar-refractivity contribution in [1.82, 2.24) is 10.6 Å². The summed E-state index contributed by atoms with van der Waals surface area (Å²) >= 11 is 0. The first-order valence-electron chi connectivity index (χ1n) is 7.17. The second-order valence-corrected chi connectivity index (χ2v) is 5.82. The third kappa shape index (κ3) is 4.49. The third-order valence-electron chi connectivity index (χ3n) is 4.00. The average Bonchev–Trinajstić information content (AvgIpc) is 2.37. The Kier molecular flexibility index (Phi) is 5.79. The van der Waals surface area contributed by atoms with E-state index in [2.05, 4.69) is 17.6 Å². The smallest absolute Gasteiger partial charge is 0.329 e. The molecule has 0 unspecified atom stereocenters. The molecule has 5 heteroatoms. The Bertz CT molecular complexity index is 321. The summed E-state index contributed by atoms with van der Waals surface area (Å²) in [5, 5.41) is 15.2. The van der Waals surface area contributed by atoms with E-state index in [1.807, 2.05) is 13.8 Å². The molecule has 1 rings (SSSR count). The number of nitrogens with one attached hydrogen (secondary N) is 2. The maximum absolute atomic E-state index is 11.8. The Hall–Kier alpha value is -1.10. The van der Waals surface area contributed by atoms with Gasteiger partial charge in [0.1, 0.15) is 5.54 Å². The minimum Gasteiger partial charge on any atom is -0.480 e. The normalized spacial score (nSPS) is 27.3. The minimum atomic E-state index is -1.05. The lowest BCUT2D eigenvalue weighted by atomic mass is 9.75. The van der Waals surface area contributed by atoms with E-state index in [4.69, 9.17) is 0 Å². The molecule has 0 radical (unpaired) electrons. The standard InChI is InChI=1S/C14H26N2O3/c1-4-11-5-7-14(8-6-11,13(18)19)16-12(17)9-15-10(2)3/h10-11,15H,4-9H2,1-3H3,(H,16,17)(H,18,19). The summed E-state index contributed by atoms with van der Waals surface area (Å²) in [6.45, 7) is 6.20. The van der Waals surface area contributed by atoms with Crippen molar-refractivity contribution in [3.63, 3.8) is 0 Å². The fraction of sp³-hybridized carbons (Fsp3) is 0.857. The van der Waals surface area contributed by atoms with Gasteiger partial charge in [-0.3, -0.25) is 4.79 Å². The summed E-state index contributed by atoms with van der Waals surface area (Å²) in [6.07, 6.45) is 3.91. The lowest BCUT2D eigenvalue weighted by molar-refractivity contribution is -0.149. The van der Waals surface area contributed by atoms with Crippen LogP contribution >= 0.6 is 0 Å². The van der Waals surface area contributed by atoms with Gasteiger partial charge >= 0.3 is 5.97 Å². The number of carbonyl (C=O) groups excluding carboxylic acids is 1. The predicted molar refractivity (Wildman–Crippen MR) is 73.9 cm³/mol. The highest BCUT2D eigenvalue weighted by Gasteiger charge is 2.42. The molecule has 1 fully saturated rings. The van der Waals surface area contributed by atoms with Crippen molar-refractivity contribution in [2.45, 2.75) is 64.5 Å². The Balaban J connectivity index is 2.58. The number of aliphatic carboxylic acids is 1. The van der Waals surface area contributed by atoms with E-state index < -0.39 is 11.5 Å². The van der Waals surface area contributed by atoms with Crippen LogP contribution in [0.5, 0.6) is 0 Å². The first-order chi connectivity index (χ1) is 8.89. The summed E-state index contributed by atoms with van der Waals surface area (Å²) in [4.78, 5) is 23.3. The molecular weight excluding hydrogens is 244 g/mol.